The van der Waals surface area contributed by atoms with Crippen molar-refractivity contribution in [3.05, 3.63) is 84.3 Å². The molecule has 0 atom stereocenters. The van der Waals surface area contributed by atoms with E-state index in [0.717, 1.165) is 5.69 Å². The van der Waals surface area contributed by atoms with Crippen molar-refractivity contribution in [2.45, 2.75) is 40.2 Å². The Morgan fingerprint density at radius 2 is 1.66 bits per heavy atom. The first kappa shape index (κ1) is 30.7. The number of carbonyl (C=O) groups is 2. The molecule has 0 spiro atoms. The van der Waals surface area contributed by atoms with E-state index in [9.17, 15) is 9.59 Å². The molecule has 1 heterocycles. The Kier molecular flexibility index (Phi) is 10.1. The minimum Gasteiger partial charge on any atom is -0.443 e. The fourth-order valence-corrected chi connectivity index (χ4v) is 3.92. The number of carbonyl (C=O) groups excluding carboxylic acids is 2. The van der Waals surface area contributed by atoms with Crippen LogP contribution in [0.25, 0.3) is 0 Å². The van der Waals surface area contributed by atoms with Crippen LogP contribution in [-0.4, -0.2) is 49.6 Å². The fraction of sp³-hybridized carbons (Fsp3) is 0.290. The summed E-state index contributed by atoms with van der Waals surface area (Å²) in [7, 11) is 3.46. The quantitative estimate of drug-likeness (QED) is 0.196. The molecule has 0 saturated carbocycles. The van der Waals surface area contributed by atoms with Crippen molar-refractivity contribution in [3.63, 3.8) is 0 Å². The van der Waals surface area contributed by atoms with E-state index in [-0.39, 0.29) is 0 Å². The highest BCUT2D eigenvalue weighted by molar-refractivity contribution is 6.20. The van der Waals surface area contributed by atoms with Crippen LogP contribution in [0.15, 0.2) is 89.3 Å². The molecule has 2 N–H and O–H groups in total. The Labute approximate surface area is 241 Å². The van der Waals surface area contributed by atoms with Gasteiger partial charge in [0.1, 0.15) is 17.0 Å². The van der Waals surface area contributed by atoms with Gasteiger partial charge < -0.3 is 20.1 Å². The van der Waals surface area contributed by atoms with Gasteiger partial charge in [0, 0.05) is 50.0 Å². The number of anilines is 3. The number of amides is 2. The summed E-state index contributed by atoms with van der Waals surface area (Å²) in [6.45, 7) is 9.44. The molecule has 2 aromatic carbocycles. The number of allylic oxidation sites excluding steroid dienone is 1. The number of pyridine rings is 1. The molecule has 0 saturated heterocycles. The van der Waals surface area contributed by atoms with Gasteiger partial charge in [0.05, 0.1) is 5.69 Å². The van der Waals surface area contributed by atoms with Crippen molar-refractivity contribution in [2.24, 2.45) is 10.7 Å². The molecule has 216 valence electrons. The van der Waals surface area contributed by atoms with Crippen molar-refractivity contribution in [3.8, 4) is 11.6 Å². The van der Waals surface area contributed by atoms with E-state index in [2.05, 4.69) is 9.98 Å². The molecule has 0 aliphatic carbocycles. The largest absolute Gasteiger partial charge is 0.443 e. The molecule has 0 radical (unpaired) electrons. The standard InChI is InChI=1S/C31H38N6O4/c1-8-33-29(37(21-38)25-13-11-12-24(20-25)36(7)30(39)41-31(3,4)5)28(22(2)32)35(6)23-15-17-26(18-16-23)40-27-14-9-10-19-34-27/h9-21H,8,32H2,1-7H3/b28-22-,33-29?. The summed E-state index contributed by atoms with van der Waals surface area (Å²) >= 11 is 0. The van der Waals surface area contributed by atoms with Crippen molar-refractivity contribution in [1.29, 1.82) is 0 Å². The third-order valence-corrected chi connectivity index (χ3v) is 5.81. The maximum atomic E-state index is 12.7. The summed E-state index contributed by atoms with van der Waals surface area (Å²) in [5, 5.41) is 0. The molecular formula is C31H38N6O4. The van der Waals surface area contributed by atoms with E-state index < -0.39 is 11.7 Å². The second kappa shape index (κ2) is 13.5. The van der Waals surface area contributed by atoms with Crippen LogP contribution in [-0.2, 0) is 9.53 Å². The van der Waals surface area contributed by atoms with Gasteiger partial charge in [0.2, 0.25) is 12.3 Å². The van der Waals surface area contributed by atoms with Crippen LogP contribution < -0.4 is 25.2 Å². The lowest BCUT2D eigenvalue weighted by Crippen LogP contribution is -2.39. The number of aliphatic imine (C=N–C) groups is 1. The molecule has 10 nitrogen and oxygen atoms in total. The van der Waals surface area contributed by atoms with Crippen molar-refractivity contribution in [1.82, 2.24) is 4.98 Å². The Balaban J connectivity index is 1.93. The summed E-state index contributed by atoms with van der Waals surface area (Å²) in [5.74, 6) is 1.47. The number of aromatic nitrogens is 1. The minimum atomic E-state index is -0.648. The number of nitrogens with zero attached hydrogens (tertiary/aromatic N) is 5. The van der Waals surface area contributed by atoms with Gasteiger partial charge >= 0.3 is 6.09 Å². The number of hydrogen-bond donors (Lipinski definition) is 1. The maximum absolute atomic E-state index is 12.7. The average molecular weight is 559 g/mol. The lowest BCUT2D eigenvalue weighted by atomic mass is 10.2. The van der Waals surface area contributed by atoms with E-state index in [4.69, 9.17) is 15.2 Å². The van der Waals surface area contributed by atoms with Crippen LogP contribution in [0.5, 0.6) is 11.6 Å². The van der Waals surface area contributed by atoms with Gasteiger partial charge in [-0.25, -0.2) is 9.78 Å². The normalized spacial score (nSPS) is 12.2. The second-order valence-electron chi connectivity index (χ2n) is 10.2. The summed E-state index contributed by atoms with van der Waals surface area (Å²) < 4.78 is 11.3. The lowest BCUT2D eigenvalue weighted by molar-refractivity contribution is -0.106. The molecular weight excluding hydrogens is 520 g/mol. The molecule has 0 aliphatic heterocycles. The molecule has 1 aromatic heterocycles. The Morgan fingerprint density at radius 3 is 2.22 bits per heavy atom. The first-order valence-electron chi connectivity index (χ1n) is 13.2. The highest BCUT2D eigenvalue weighted by atomic mass is 16.6. The monoisotopic (exact) mass is 558 g/mol. The highest BCUT2D eigenvalue weighted by Crippen LogP contribution is 2.29. The van der Waals surface area contributed by atoms with Crippen molar-refractivity contribution < 1.29 is 19.1 Å². The van der Waals surface area contributed by atoms with Crippen LogP contribution in [0.2, 0.25) is 0 Å². The van der Waals surface area contributed by atoms with E-state index in [1.807, 2.05) is 55.3 Å². The lowest BCUT2D eigenvalue weighted by Gasteiger charge is -2.30. The first-order valence-corrected chi connectivity index (χ1v) is 13.2. The number of nitrogens with two attached hydrogens (primary N) is 1. The van der Waals surface area contributed by atoms with Gasteiger partial charge in [-0.2, -0.15) is 0 Å². The van der Waals surface area contributed by atoms with Gasteiger partial charge in [-0.15, -0.1) is 0 Å². The summed E-state index contributed by atoms with van der Waals surface area (Å²) in [6, 6.07) is 19.9. The zero-order chi connectivity index (χ0) is 30.2. The zero-order valence-electron chi connectivity index (χ0n) is 24.7. The van der Waals surface area contributed by atoms with Crippen LogP contribution in [0.1, 0.15) is 34.6 Å². The molecule has 3 aromatic rings. The number of hydrogen-bond acceptors (Lipinski definition) is 8. The number of rotatable bonds is 9. The SMILES string of the molecule is CCN=C(/C(=C(\C)N)N(C)c1ccc(Oc2ccccn2)cc1)N(C=O)c1cccc(N(C)C(=O)OC(C)(C)C)c1. The van der Waals surface area contributed by atoms with E-state index in [0.29, 0.717) is 53.2 Å². The fourth-order valence-electron chi connectivity index (χ4n) is 3.92. The molecule has 0 bridgehead atoms. The summed E-state index contributed by atoms with van der Waals surface area (Å²) in [6.07, 6.45) is 1.84. The van der Waals surface area contributed by atoms with E-state index >= 15 is 0 Å². The zero-order valence-corrected chi connectivity index (χ0v) is 24.7. The van der Waals surface area contributed by atoms with Crippen LogP contribution in [0.3, 0.4) is 0 Å². The van der Waals surface area contributed by atoms with Crippen LogP contribution in [0.4, 0.5) is 21.9 Å². The Hall–Kier alpha value is -4.86. The summed E-state index contributed by atoms with van der Waals surface area (Å²) in [4.78, 5) is 38.8. The number of amidine groups is 1. The predicted molar refractivity (Wildman–Crippen MR) is 164 cm³/mol. The predicted octanol–water partition coefficient (Wildman–Crippen LogP) is 5.95. The highest BCUT2D eigenvalue weighted by Gasteiger charge is 2.25. The van der Waals surface area contributed by atoms with Crippen molar-refractivity contribution in [2.75, 3.05) is 35.3 Å². The van der Waals surface area contributed by atoms with Crippen LogP contribution >= 0.6 is 0 Å². The van der Waals surface area contributed by atoms with Gasteiger partial charge in [-0.3, -0.25) is 19.6 Å². The maximum Gasteiger partial charge on any atom is 0.414 e. The topological polar surface area (TPSA) is 114 Å². The molecule has 0 fully saturated rings. The minimum absolute atomic E-state index is 0.357. The molecule has 3 rings (SSSR count). The van der Waals surface area contributed by atoms with Crippen molar-refractivity contribution >= 4 is 35.4 Å². The second-order valence-corrected chi connectivity index (χ2v) is 10.2. The molecule has 0 aliphatic rings. The molecule has 2 amide bonds. The molecule has 0 unspecified atom stereocenters. The van der Waals surface area contributed by atoms with Gasteiger partial charge in [0.25, 0.3) is 0 Å². The number of ether oxygens (including phenoxy) is 2. The number of benzene rings is 2. The summed E-state index contributed by atoms with van der Waals surface area (Å²) in [5.41, 5.74) is 8.61. The first-order chi connectivity index (χ1) is 19.4. The number of likely N-dealkylation sites (N-methyl/N-ethyl adjacent to an activating group) is 1. The Bertz CT molecular complexity index is 1390. The molecule has 41 heavy (non-hydrogen) atoms. The Morgan fingerprint density at radius 1 is 0.976 bits per heavy atom. The smallest absolute Gasteiger partial charge is 0.414 e. The van der Waals surface area contributed by atoms with Gasteiger partial charge in [0.15, 0.2) is 5.84 Å². The molecule has 10 heteroatoms. The van der Waals surface area contributed by atoms with E-state index in [1.54, 1.807) is 71.3 Å². The van der Waals surface area contributed by atoms with Gasteiger partial charge in [-0.1, -0.05) is 12.1 Å². The van der Waals surface area contributed by atoms with E-state index in [1.165, 1.54) is 9.80 Å². The van der Waals surface area contributed by atoms with Gasteiger partial charge in [-0.05, 0) is 83.1 Å². The third kappa shape index (κ3) is 8.07. The van der Waals surface area contributed by atoms with Crippen LogP contribution in [0, 0.1) is 0 Å². The third-order valence-electron chi connectivity index (χ3n) is 5.81. The average Bonchev–Trinajstić information content (AvgIpc) is 2.93.